The zero-order valence-corrected chi connectivity index (χ0v) is 9.32. The lowest BCUT2D eigenvalue weighted by molar-refractivity contribution is -0.121. The Hall–Kier alpha value is -1.78. The van der Waals surface area contributed by atoms with Gasteiger partial charge in [-0.25, -0.2) is 4.79 Å². The van der Waals surface area contributed by atoms with Gasteiger partial charge in [0.1, 0.15) is 11.5 Å². The highest BCUT2D eigenvalue weighted by atomic mass is 16.3. The number of nitrogens with zero attached hydrogens (tertiary/aromatic N) is 1. The van der Waals surface area contributed by atoms with E-state index in [0.29, 0.717) is 13.0 Å². The molecule has 2 heterocycles. The third kappa shape index (κ3) is 1.93. The Kier molecular flexibility index (Phi) is 2.68. The first-order valence-corrected chi connectivity index (χ1v) is 5.24. The van der Waals surface area contributed by atoms with E-state index in [1.165, 1.54) is 0 Å². The van der Waals surface area contributed by atoms with Crippen molar-refractivity contribution in [3.05, 3.63) is 23.7 Å². The van der Waals surface area contributed by atoms with Crippen LogP contribution in [0.5, 0.6) is 0 Å². The molecule has 3 amide bonds. The molecule has 1 saturated heterocycles. The summed E-state index contributed by atoms with van der Waals surface area (Å²) >= 11 is 0. The smallest absolute Gasteiger partial charge is 0.324 e. The number of hydrogen-bond acceptors (Lipinski definition) is 3. The van der Waals surface area contributed by atoms with Crippen molar-refractivity contribution >= 4 is 11.9 Å². The van der Waals surface area contributed by atoms with Crippen LogP contribution in [0.4, 0.5) is 4.79 Å². The Labute approximate surface area is 93.4 Å². The molecular weight excluding hydrogens is 208 g/mol. The SMILES string of the molecule is Cc1ccc(C(C)N2CCC(=O)NC2=O)o1. The summed E-state index contributed by atoms with van der Waals surface area (Å²) in [5.74, 6) is 1.33. The molecular formula is C11H14N2O3. The summed E-state index contributed by atoms with van der Waals surface area (Å²) in [5.41, 5.74) is 0. The van der Waals surface area contributed by atoms with Crippen molar-refractivity contribution in [1.29, 1.82) is 0 Å². The lowest BCUT2D eigenvalue weighted by Gasteiger charge is -2.30. The van der Waals surface area contributed by atoms with E-state index in [1.54, 1.807) is 4.90 Å². The molecule has 0 spiro atoms. The van der Waals surface area contributed by atoms with E-state index < -0.39 is 0 Å². The number of hydrogen-bond donors (Lipinski definition) is 1. The first-order chi connectivity index (χ1) is 7.58. The van der Waals surface area contributed by atoms with Crippen LogP contribution in [0, 0.1) is 6.92 Å². The van der Waals surface area contributed by atoms with E-state index in [9.17, 15) is 9.59 Å². The maximum atomic E-state index is 11.6. The van der Waals surface area contributed by atoms with Crippen molar-refractivity contribution in [2.45, 2.75) is 26.3 Å². The highest BCUT2D eigenvalue weighted by Crippen LogP contribution is 2.23. The fraction of sp³-hybridized carbons (Fsp3) is 0.455. The summed E-state index contributed by atoms with van der Waals surface area (Å²) in [6.45, 7) is 4.18. The van der Waals surface area contributed by atoms with Gasteiger partial charge in [0.2, 0.25) is 5.91 Å². The van der Waals surface area contributed by atoms with E-state index >= 15 is 0 Å². The van der Waals surface area contributed by atoms with Crippen LogP contribution >= 0.6 is 0 Å². The fourth-order valence-electron chi connectivity index (χ4n) is 1.78. The van der Waals surface area contributed by atoms with Gasteiger partial charge in [-0.3, -0.25) is 10.1 Å². The molecule has 1 N–H and O–H groups in total. The number of urea groups is 1. The highest BCUT2D eigenvalue weighted by molar-refractivity contribution is 5.96. The van der Waals surface area contributed by atoms with E-state index in [1.807, 2.05) is 26.0 Å². The molecule has 0 aromatic carbocycles. The summed E-state index contributed by atoms with van der Waals surface area (Å²) in [6.07, 6.45) is 0.343. The minimum absolute atomic E-state index is 0.151. The second-order valence-electron chi connectivity index (χ2n) is 3.92. The van der Waals surface area contributed by atoms with Crippen LogP contribution in [0.1, 0.15) is 30.9 Å². The lowest BCUT2D eigenvalue weighted by atomic mass is 10.2. The molecule has 16 heavy (non-hydrogen) atoms. The number of furan rings is 1. The van der Waals surface area contributed by atoms with Gasteiger partial charge in [0.15, 0.2) is 0 Å². The molecule has 1 atom stereocenters. The van der Waals surface area contributed by atoms with Crippen molar-refractivity contribution in [1.82, 2.24) is 10.2 Å². The number of aryl methyl sites for hydroxylation is 1. The molecule has 1 aliphatic heterocycles. The van der Waals surface area contributed by atoms with Gasteiger partial charge < -0.3 is 9.32 Å². The van der Waals surface area contributed by atoms with Crippen molar-refractivity contribution in [3.63, 3.8) is 0 Å². The Morgan fingerprint density at radius 1 is 1.44 bits per heavy atom. The van der Waals surface area contributed by atoms with E-state index in [4.69, 9.17) is 4.42 Å². The van der Waals surface area contributed by atoms with Gasteiger partial charge in [0, 0.05) is 13.0 Å². The molecule has 2 rings (SSSR count). The predicted molar refractivity (Wildman–Crippen MR) is 56.7 cm³/mol. The zero-order valence-electron chi connectivity index (χ0n) is 9.32. The number of amides is 3. The average molecular weight is 222 g/mol. The molecule has 5 heteroatoms. The van der Waals surface area contributed by atoms with Crippen LogP contribution < -0.4 is 5.32 Å². The number of rotatable bonds is 2. The highest BCUT2D eigenvalue weighted by Gasteiger charge is 2.28. The van der Waals surface area contributed by atoms with Crippen LogP contribution in [0.3, 0.4) is 0 Å². The van der Waals surface area contributed by atoms with Crippen molar-refractivity contribution in [2.24, 2.45) is 0 Å². The Bertz CT molecular complexity index is 425. The van der Waals surface area contributed by atoms with Crippen LogP contribution in [0.25, 0.3) is 0 Å². The summed E-state index contributed by atoms with van der Waals surface area (Å²) in [6, 6.07) is 3.21. The number of carbonyl (C=O) groups excluding carboxylic acids is 2. The first kappa shape index (κ1) is 10.7. The minimum Gasteiger partial charge on any atom is -0.464 e. The average Bonchev–Trinajstić information content (AvgIpc) is 2.64. The molecule has 1 aromatic heterocycles. The van der Waals surface area contributed by atoms with Crippen molar-refractivity contribution in [2.75, 3.05) is 6.54 Å². The monoisotopic (exact) mass is 222 g/mol. The number of imide groups is 1. The molecule has 86 valence electrons. The van der Waals surface area contributed by atoms with Gasteiger partial charge in [-0.2, -0.15) is 0 Å². The largest absolute Gasteiger partial charge is 0.464 e. The second-order valence-corrected chi connectivity index (χ2v) is 3.92. The molecule has 1 unspecified atom stereocenters. The quantitative estimate of drug-likeness (QED) is 0.826. The molecule has 1 aliphatic rings. The van der Waals surface area contributed by atoms with Gasteiger partial charge in [-0.05, 0) is 26.0 Å². The second kappa shape index (κ2) is 4.00. The molecule has 0 saturated carbocycles. The lowest BCUT2D eigenvalue weighted by Crippen LogP contribution is -2.50. The van der Waals surface area contributed by atoms with Gasteiger partial charge in [-0.1, -0.05) is 0 Å². The topological polar surface area (TPSA) is 62.6 Å². The van der Waals surface area contributed by atoms with E-state index in [-0.39, 0.29) is 18.0 Å². The van der Waals surface area contributed by atoms with Gasteiger partial charge in [0.25, 0.3) is 0 Å². The van der Waals surface area contributed by atoms with E-state index in [0.717, 1.165) is 11.5 Å². The van der Waals surface area contributed by atoms with Crippen molar-refractivity contribution in [3.8, 4) is 0 Å². The van der Waals surface area contributed by atoms with Crippen LogP contribution in [0.15, 0.2) is 16.5 Å². The van der Waals surface area contributed by atoms with Gasteiger partial charge in [-0.15, -0.1) is 0 Å². The number of carbonyl (C=O) groups is 2. The Balaban J connectivity index is 2.13. The first-order valence-electron chi connectivity index (χ1n) is 5.24. The third-order valence-corrected chi connectivity index (χ3v) is 2.73. The summed E-state index contributed by atoms with van der Waals surface area (Å²) < 4.78 is 5.47. The normalized spacial score (nSPS) is 18.5. The van der Waals surface area contributed by atoms with Gasteiger partial charge >= 0.3 is 6.03 Å². The van der Waals surface area contributed by atoms with Crippen LogP contribution in [0.2, 0.25) is 0 Å². The predicted octanol–water partition coefficient (Wildman–Crippen LogP) is 1.59. The molecule has 5 nitrogen and oxygen atoms in total. The molecule has 1 fully saturated rings. The van der Waals surface area contributed by atoms with Crippen LogP contribution in [-0.4, -0.2) is 23.4 Å². The molecule has 0 radical (unpaired) electrons. The third-order valence-electron chi connectivity index (χ3n) is 2.73. The maximum absolute atomic E-state index is 11.6. The summed E-state index contributed by atoms with van der Waals surface area (Å²) in [5, 5.41) is 2.29. The Morgan fingerprint density at radius 2 is 2.19 bits per heavy atom. The van der Waals surface area contributed by atoms with Crippen LogP contribution in [-0.2, 0) is 4.79 Å². The minimum atomic E-state index is -0.349. The maximum Gasteiger partial charge on any atom is 0.324 e. The molecule has 0 aliphatic carbocycles. The zero-order chi connectivity index (χ0) is 11.7. The standard InChI is InChI=1S/C11H14N2O3/c1-7-3-4-9(16-7)8(2)13-6-5-10(14)12-11(13)15/h3-4,8H,5-6H2,1-2H3,(H,12,14,15). The fourth-order valence-corrected chi connectivity index (χ4v) is 1.78. The summed E-state index contributed by atoms with van der Waals surface area (Å²) in [7, 11) is 0. The van der Waals surface area contributed by atoms with Crippen molar-refractivity contribution < 1.29 is 14.0 Å². The Morgan fingerprint density at radius 3 is 2.75 bits per heavy atom. The summed E-state index contributed by atoms with van der Waals surface area (Å²) in [4.78, 5) is 24.2. The van der Waals surface area contributed by atoms with Gasteiger partial charge in [0.05, 0.1) is 6.04 Å². The van der Waals surface area contributed by atoms with E-state index in [2.05, 4.69) is 5.32 Å². The molecule has 1 aromatic rings. The molecule has 0 bridgehead atoms. The number of nitrogens with one attached hydrogen (secondary N) is 1.